The number of benzene rings is 1. The summed E-state index contributed by atoms with van der Waals surface area (Å²) in [6.07, 6.45) is 6.29. The van der Waals surface area contributed by atoms with Gasteiger partial charge in [-0.3, -0.25) is 0 Å². The van der Waals surface area contributed by atoms with E-state index in [1.54, 1.807) is 18.2 Å². The number of allylic oxidation sites excluding steroid dienone is 4. The molecule has 0 radical (unpaired) electrons. The summed E-state index contributed by atoms with van der Waals surface area (Å²) in [5.74, 6) is 0.378. The molecule has 3 nitrogen and oxygen atoms in total. The van der Waals surface area contributed by atoms with Crippen molar-refractivity contribution in [1.29, 1.82) is 0 Å². The minimum atomic E-state index is -2.20. The maximum absolute atomic E-state index is 12.2. The van der Waals surface area contributed by atoms with Gasteiger partial charge < -0.3 is 0 Å². The van der Waals surface area contributed by atoms with Crippen molar-refractivity contribution in [3.8, 4) is 15.8 Å². The van der Waals surface area contributed by atoms with E-state index < -0.39 is 8.07 Å². The van der Waals surface area contributed by atoms with E-state index in [2.05, 4.69) is 64.7 Å². The Bertz CT molecular complexity index is 1050. The molecule has 1 aromatic carbocycles. The number of fused-ring (bicyclic) bond motifs is 2. The van der Waals surface area contributed by atoms with Gasteiger partial charge in [-0.15, -0.1) is 0 Å². The number of hydrogen-bond acceptors (Lipinski definition) is 3. The van der Waals surface area contributed by atoms with Gasteiger partial charge >= 0.3 is 194 Å². The fourth-order valence-electron chi connectivity index (χ4n) is 4.03. The summed E-state index contributed by atoms with van der Waals surface area (Å²) < 4.78 is 3.84. The van der Waals surface area contributed by atoms with Crippen molar-refractivity contribution in [2.45, 2.75) is 25.9 Å². The fourth-order valence-corrected chi connectivity index (χ4v) is 13.2. The first-order valence-corrected chi connectivity index (χ1v) is 15.3. The third kappa shape index (κ3) is 3.29. The molecule has 2 heterocycles. The van der Waals surface area contributed by atoms with Gasteiger partial charge in [0.1, 0.15) is 0 Å². The monoisotopic (exact) mass is 665 g/mol. The summed E-state index contributed by atoms with van der Waals surface area (Å²) in [6, 6.07) is 6.96. The Hall–Kier alpha value is -0.484. The summed E-state index contributed by atoms with van der Waals surface area (Å²) in [7, 11) is -2.20. The first kappa shape index (κ1) is 19.8. The number of nitrogens with zero attached hydrogens (tertiary/aromatic N) is 1. The summed E-state index contributed by atoms with van der Waals surface area (Å²) in [5.41, 5.74) is 2.86. The van der Waals surface area contributed by atoms with Gasteiger partial charge in [-0.25, -0.2) is 0 Å². The van der Waals surface area contributed by atoms with Gasteiger partial charge in [0.25, 0.3) is 0 Å². The average Bonchev–Trinajstić information content (AvgIpc) is 2.95. The third-order valence-corrected chi connectivity index (χ3v) is 16.3. The molecule has 1 aromatic heterocycles. The molecule has 7 heteroatoms. The summed E-state index contributed by atoms with van der Waals surface area (Å²) in [4.78, 5) is 17.0. The van der Waals surface area contributed by atoms with Crippen molar-refractivity contribution >= 4 is 90.1 Å². The number of carbonyl (C=O) groups is 1. The molecule has 1 aliphatic carbocycles. The molecule has 2 aliphatic rings. The van der Waals surface area contributed by atoms with Gasteiger partial charge in [0.15, 0.2) is 0 Å². The number of aliphatic imine (C=N–C) groups is 1. The molecule has 138 valence electrons. The van der Waals surface area contributed by atoms with Crippen LogP contribution in [0.25, 0.3) is 10.0 Å². The van der Waals surface area contributed by atoms with Crippen LogP contribution in [0.5, 0.6) is 5.75 Å². The van der Waals surface area contributed by atoms with Crippen molar-refractivity contribution in [1.82, 2.24) is 0 Å². The molecule has 4 rings (SSSR count). The van der Waals surface area contributed by atoms with Crippen molar-refractivity contribution < 1.29 is 9.90 Å². The normalized spacial score (nSPS) is 20.8. The number of aromatic hydroxyl groups is 1. The van der Waals surface area contributed by atoms with Crippen molar-refractivity contribution in [2.24, 2.45) is 4.99 Å². The van der Waals surface area contributed by atoms with Crippen molar-refractivity contribution in [2.75, 3.05) is 0 Å². The molecule has 0 saturated heterocycles. The van der Waals surface area contributed by atoms with Crippen LogP contribution in [0.2, 0.25) is 12.6 Å². The molecule has 0 amide bonds. The van der Waals surface area contributed by atoms with E-state index in [-0.39, 0.29) is 20.3 Å². The molecule has 1 unspecified atom stereocenters. The average molecular weight is 664 g/mol. The van der Waals surface area contributed by atoms with Crippen LogP contribution in [0.4, 0.5) is 5.69 Å². The van der Waals surface area contributed by atoms with Crippen LogP contribution in [0.1, 0.15) is 13.3 Å². The Balaban J connectivity index is 2.07. The molecule has 0 spiro atoms. The van der Waals surface area contributed by atoms with Crippen LogP contribution in [0.3, 0.4) is 0 Å². The van der Waals surface area contributed by atoms with Gasteiger partial charge in [-0.2, -0.15) is 0 Å². The third-order valence-electron chi connectivity index (χ3n) is 5.16. The molecule has 27 heavy (non-hydrogen) atoms. The second-order valence-corrected chi connectivity index (χ2v) is 17.3. The molecular formula is C20H17I2NO2SeSi. The van der Waals surface area contributed by atoms with E-state index in [0.717, 1.165) is 34.6 Å². The van der Waals surface area contributed by atoms with E-state index in [1.807, 2.05) is 12.1 Å². The van der Waals surface area contributed by atoms with E-state index in [1.165, 1.54) is 15.6 Å². The predicted octanol–water partition coefficient (Wildman–Crippen LogP) is 4.71. The molecular weight excluding hydrogens is 647 g/mol. The van der Waals surface area contributed by atoms with Crippen LogP contribution in [-0.2, 0) is 4.79 Å². The molecule has 0 fully saturated rings. The minimum absolute atomic E-state index is 0.0407. The molecule has 1 N–H and O–H groups in total. The van der Waals surface area contributed by atoms with E-state index in [4.69, 9.17) is 4.99 Å². The standard InChI is InChI=1S/C20H17I2NO2SeSi/c1-3-8-27(2)17-9-11(24)4-5-13(17)23-14-6-7-15(25)18(19(14)27)16-10-12(21)20(22)26-16/h4-7,9-10,25H,3,8H2,1-2H3. The van der Waals surface area contributed by atoms with Gasteiger partial charge in [-0.1, -0.05) is 0 Å². The predicted molar refractivity (Wildman–Crippen MR) is 132 cm³/mol. The topological polar surface area (TPSA) is 49.7 Å². The maximum atomic E-state index is 12.2. The second kappa shape index (κ2) is 7.40. The summed E-state index contributed by atoms with van der Waals surface area (Å²) >= 11 is 4.98. The Morgan fingerprint density at radius 1 is 1.26 bits per heavy atom. The van der Waals surface area contributed by atoms with Crippen LogP contribution < -0.4 is 5.19 Å². The zero-order valence-electron chi connectivity index (χ0n) is 14.8. The number of halogens is 2. The molecule has 1 atom stereocenters. The summed E-state index contributed by atoms with van der Waals surface area (Å²) in [5, 5.41) is 13.2. The van der Waals surface area contributed by atoms with Gasteiger partial charge in [-0.05, 0) is 0 Å². The zero-order valence-corrected chi connectivity index (χ0v) is 21.9. The van der Waals surface area contributed by atoms with Crippen LogP contribution in [-0.4, -0.2) is 39.2 Å². The van der Waals surface area contributed by atoms with Crippen LogP contribution in [0.15, 0.2) is 46.6 Å². The van der Waals surface area contributed by atoms with Gasteiger partial charge in [0.05, 0.1) is 0 Å². The number of carbonyl (C=O) groups excluding carboxylic acids is 1. The Morgan fingerprint density at radius 2 is 2.04 bits per heavy atom. The number of rotatable bonds is 3. The van der Waals surface area contributed by atoms with E-state index in [0.29, 0.717) is 5.75 Å². The molecule has 2 aromatic rings. The first-order valence-electron chi connectivity index (χ1n) is 8.70. The number of phenols is 1. The Kier molecular flexibility index (Phi) is 5.43. The zero-order chi connectivity index (χ0) is 19.3. The van der Waals surface area contributed by atoms with Crippen molar-refractivity contribution in [3.05, 3.63) is 47.6 Å². The molecule has 0 bridgehead atoms. The Labute approximate surface area is 192 Å². The SMILES string of the molecule is CCC[Si]1(C)C2=CC(=O)C=CC2=Nc2ccc(O)c(-c3cc(I)c(I)[se]3)c21. The first-order chi connectivity index (χ1) is 12.8. The van der Waals surface area contributed by atoms with E-state index in [9.17, 15) is 9.90 Å². The number of phenolic OH excluding ortho intramolecular Hbond substituents is 1. The van der Waals surface area contributed by atoms with Crippen LogP contribution >= 0.6 is 45.2 Å². The van der Waals surface area contributed by atoms with Gasteiger partial charge in [0.2, 0.25) is 0 Å². The van der Waals surface area contributed by atoms with Gasteiger partial charge in [0, 0.05) is 0 Å². The fraction of sp³-hybridized carbons (Fsp3) is 0.200. The Morgan fingerprint density at radius 3 is 2.70 bits per heavy atom. The molecule has 0 saturated carbocycles. The number of ketones is 1. The van der Waals surface area contributed by atoms with Crippen molar-refractivity contribution in [3.63, 3.8) is 0 Å². The molecule has 1 aliphatic heterocycles. The summed E-state index contributed by atoms with van der Waals surface area (Å²) in [6.45, 7) is 4.52. The second-order valence-electron chi connectivity index (χ2n) is 6.96. The number of hydrogen-bond donors (Lipinski definition) is 1. The van der Waals surface area contributed by atoms with E-state index >= 15 is 0 Å². The van der Waals surface area contributed by atoms with Crippen LogP contribution in [0, 0.1) is 6.01 Å². The quantitative estimate of drug-likeness (QED) is 0.294.